The normalized spacial score (nSPS) is 16.5. The molecule has 160 valence electrons. The Morgan fingerprint density at radius 2 is 1.58 bits per heavy atom. The molecule has 0 aromatic heterocycles. The SMILES string of the molecule is Cc1ccc(CC(=O)N2CCN(c3ccc(Cl)cc3Cl)C(c3ccc(Cl)cc3)C2)cc1. The van der Waals surface area contributed by atoms with E-state index >= 15 is 0 Å². The molecule has 1 unspecified atom stereocenters. The number of nitrogens with zero attached hydrogens (tertiary/aromatic N) is 2. The molecule has 1 aliphatic heterocycles. The van der Waals surface area contributed by atoms with E-state index in [2.05, 4.69) is 4.90 Å². The van der Waals surface area contributed by atoms with Crippen molar-refractivity contribution in [3.05, 3.63) is 98.5 Å². The van der Waals surface area contributed by atoms with Gasteiger partial charge in [-0.1, -0.05) is 76.8 Å². The Balaban J connectivity index is 1.59. The van der Waals surface area contributed by atoms with Crippen molar-refractivity contribution in [1.82, 2.24) is 4.90 Å². The lowest BCUT2D eigenvalue weighted by Gasteiger charge is -2.43. The van der Waals surface area contributed by atoms with Crippen LogP contribution < -0.4 is 4.90 Å². The molecule has 0 bridgehead atoms. The second-order valence-corrected chi connectivity index (χ2v) is 9.14. The number of rotatable bonds is 4. The van der Waals surface area contributed by atoms with Crippen LogP contribution in [0, 0.1) is 6.92 Å². The topological polar surface area (TPSA) is 23.6 Å². The number of amides is 1. The lowest BCUT2D eigenvalue weighted by molar-refractivity contribution is -0.131. The molecule has 4 rings (SSSR count). The van der Waals surface area contributed by atoms with Crippen molar-refractivity contribution < 1.29 is 4.79 Å². The molecule has 0 radical (unpaired) electrons. The highest BCUT2D eigenvalue weighted by Crippen LogP contribution is 2.37. The molecule has 3 nitrogen and oxygen atoms in total. The third kappa shape index (κ3) is 5.17. The summed E-state index contributed by atoms with van der Waals surface area (Å²) < 4.78 is 0. The Bertz CT molecular complexity index is 1070. The van der Waals surface area contributed by atoms with Crippen LogP contribution >= 0.6 is 34.8 Å². The van der Waals surface area contributed by atoms with Gasteiger partial charge in [-0.2, -0.15) is 0 Å². The van der Waals surface area contributed by atoms with E-state index in [-0.39, 0.29) is 11.9 Å². The van der Waals surface area contributed by atoms with Gasteiger partial charge < -0.3 is 9.80 Å². The number of anilines is 1. The fraction of sp³-hybridized carbons (Fsp3) is 0.240. The summed E-state index contributed by atoms with van der Waals surface area (Å²) >= 11 is 18.8. The fourth-order valence-electron chi connectivity index (χ4n) is 3.97. The lowest BCUT2D eigenvalue weighted by atomic mass is 10.0. The second-order valence-electron chi connectivity index (χ2n) is 7.86. The molecule has 1 aliphatic rings. The monoisotopic (exact) mass is 472 g/mol. The van der Waals surface area contributed by atoms with E-state index in [4.69, 9.17) is 34.8 Å². The maximum absolute atomic E-state index is 13.1. The summed E-state index contributed by atoms with van der Waals surface area (Å²) in [5, 5.41) is 1.89. The van der Waals surface area contributed by atoms with Gasteiger partial charge in [0.2, 0.25) is 5.91 Å². The highest BCUT2D eigenvalue weighted by Gasteiger charge is 2.31. The summed E-state index contributed by atoms with van der Waals surface area (Å²) in [7, 11) is 0. The molecule has 3 aromatic rings. The Morgan fingerprint density at radius 1 is 0.903 bits per heavy atom. The number of halogens is 3. The van der Waals surface area contributed by atoms with Gasteiger partial charge in [0.15, 0.2) is 0 Å². The molecule has 1 heterocycles. The van der Waals surface area contributed by atoms with Crippen molar-refractivity contribution >= 4 is 46.4 Å². The van der Waals surface area contributed by atoms with Gasteiger partial charge in [-0.15, -0.1) is 0 Å². The number of carbonyl (C=O) groups excluding carboxylic acids is 1. The maximum Gasteiger partial charge on any atom is 0.227 e. The fourth-order valence-corrected chi connectivity index (χ4v) is 4.62. The molecular formula is C25H23Cl3N2O. The van der Waals surface area contributed by atoms with Crippen molar-refractivity contribution in [2.24, 2.45) is 0 Å². The Labute approximate surface area is 198 Å². The van der Waals surface area contributed by atoms with Crippen molar-refractivity contribution in [2.45, 2.75) is 19.4 Å². The van der Waals surface area contributed by atoms with Gasteiger partial charge in [0.05, 0.1) is 23.2 Å². The number of piperazine rings is 1. The van der Waals surface area contributed by atoms with Gasteiger partial charge >= 0.3 is 0 Å². The molecule has 0 aliphatic carbocycles. The molecule has 1 saturated heterocycles. The average molecular weight is 474 g/mol. The van der Waals surface area contributed by atoms with E-state index < -0.39 is 0 Å². The first kappa shape index (κ1) is 22.0. The Morgan fingerprint density at radius 3 is 2.26 bits per heavy atom. The van der Waals surface area contributed by atoms with Crippen LogP contribution in [0.5, 0.6) is 0 Å². The predicted molar refractivity (Wildman–Crippen MR) is 129 cm³/mol. The van der Waals surface area contributed by atoms with Crippen LogP contribution in [-0.4, -0.2) is 30.4 Å². The van der Waals surface area contributed by atoms with Gasteiger partial charge in [0.1, 0.15) is 0 Å². The summed E-state index contributed by atoms with van der Waals surface area (Å²) in [5.74, 6) is 0.129. The van der Waals surface area contributed by atoms with E-state index in [0.29, 0.717) is 41.1 Å². The average Bonchev–Trinajstić information content (AvgIpc) is 2.76. The molecular weight excluding hydrogens is 451 g/mol. The summed E-state index contributed by atoms with van der Waals surface area (Å²) in [6.45, 7) is 3.93. The number of aryl methyl sites for hydroxylation is 1. The number of carbonyl (C=O) groups is 1. The second kappa shape index (κ2) is 9.52. The third-order valence-corrected chi connectivity index (χ3v) is 6.47. The number of benzene rings is 3. The largest absolute Gasteiger partial charge is 0.360 e. The summed E-state index contributed by atoms with van der Waals surface area (Å²) in [4.78, 5) is 17.3. The van der Waals surface area contributed by atoms with Gasteiger partial charge in [-0.25, -0.2) is 0 Å². The zero-order valence-electron chi connectivity index (χ0n) is 17.2. The van der Waals surface area contributed by atoms with Crippen molar-refractivity contribution in [3.63, 3.8) is 0 Å². The lowest BCUT2D eigenvalue weighted by Crippen LogP contribution is -2.51. The standard InChI is InChI=1S/C25H23Cl3N2O/c1-17-2-4-18(5-3-17)14-25(31)29-12-13-30(23-11-10-21(27)15-22(23)28)24(16-29)19-6-8-20(26)9-7-19/h2-11,15,24H,12-14,16H2,1H3. The highest BCUT2D eigenvalue weighted by molar-refractivity contribution is 6.36. The molecule has 0 saturated carbocycles. The zero-order valence-corrected chi connectivity index (χ0v) is 19.5. The third-order valence-electron chi connectivity index (χ3n) is 5.68. The van der Waals surface area contributed by atoms with Crippen molar-refractivity contribution in [3.8, 4) is 0 Å². The van der Waals surface area contributed by atoms with Gasteiger partial charge in [0, 0.05) is 29.7 Å². The molecule has 1 amide bonds. The Kier molecular flexibility index (Phi) is 6.76. The van der Waals surface area contributed by atoms with Crippen molar-refractivity contribution in [2.75, 3.05) is 24.5 Å². The van der Waals surface area contributed by atoms with Crippen molar-refractivity contribution in [1.29, 1.82) is 0 Å². The highest BCUT2D eigenvalue weighted by atomic mass is 35.5. The first-order chi connectivity index (χ1) is 14.9. The zero-order chi connectivity index (χ0) is 22.0. The van der Waals surface area contributed by atoms with Gasteiger partial charge in [0.25, 0.3) is 0 Å². The Hall–Kier alpha value is -2.20. The van der Waals surface area contributed by atoms with E-state index in [1.165, 1.54) is 5.56 Å². The summed E-state index contributed by atoms with van der Waals surface area (Å²) in [6.07, 6.45) is 0.398. The van der Waals surface area contributed by atoms with Crippen LogP contribution in [-0.2, 0) is 11.2 Å². The molecule has 0 spiro atoms. The first-order valence-electron chi connectivity index (χ1n) is 10.2. The quantitative estimate of drug-likeness (QED) is 0.427. The van der Waals surface area contributed by atoms with Crippen LogP contribution in [0.4, 0.5) is 5.69 Å². The molecule has 6 heteroatoms. The molecule has 31 heavy (non-hydrogen) atoms. The van der Waals surface area contributed by atoms with Gasteiger partial charge in [-0.3, -0.25) is 4.79 Å². The number of hydrogen-bond donors (Lipinski definition) is 0. The molecule has 1 atom stereocenters. The van der Waals surface area contributed by atoms with Crippen LogP contribution in [0.3, 0.4) is 0 Å². The van der Waals surface area contributed by atoms with E-state index in [0.717, 1.165) is 16.8 Å². The van der Waals surface area contributed by atoms with E-state index in [9.17, 15) is 4.79 Å². The summed E-state index contributed by atoms with van der Waals surface area (Å²) in [5.41, 5.74) is 4.22. The van der Waals surface area contributed by atoms with E-state index in [1.54, 1.807) is 6.07 Å². The van der Waals surface area contributed by atoms with Gasteiger partial charge in [-0.05, 0) is 48.4 Å². The minimum Gasteiger partial charge on any atom is -0.360 e. The minimum atomic E-state index is -0.0355. The van der Waals surface area contributed by atoms with Crippen LogP contribution in [0.1, 0.15) is 22.7 Å². The van der Waals surface area contributed by atoms with E-state index in [1.807, 2.05) is 72.5 Å². The minimum absolute atomic E-state index is 0.0355. The first-order valence-corrected chi connectivity index (χ1v) is 11.3. The maximum atomic E-state index is 13.1. The predicted octanol–water partition coefficient (Wildman–Crippen LogP) is 6.59. The number of hydrogen-bond acceptors (Lipinski definition) is 2. The summed E-state index contributed by atoms with van der Waals surface area (Å²) in [6, 6.07) is 21.4. The molecule has 3 aromatic carbocycles. The van der Waals surface area contributed by atoms with Crippen LogP contribution in [0.15, 0.2) is 66.7 Å². The molecule has 0 N–H and O–H groups in total. The smallest absolute Gasteiger partial charge is 0.227 e. The molecule has 1 fully saturated rings. The van der Waals surface area contributed by atoms with Crippen LogP contribution in [0.2, 0.25) is 15.1 Å². The van der Waals surface area contributed by atoms with Crippen LogP contribution in [0.25, 0.3) is 0 Å².